The topological polar surface area (TPSA) is 29.9 Å². The summed E-state index contributed by atoms with van der Waals surface area (Å²) in [6.07, 6.45) is 6.39. The van der Waals surface area contributed by atoms with Crippen molar-refractivity contribution in [1.82, 2.24) is 15.1 Å². The van der Waals surface area contributed by atoms with E-state index in [1.165, 1.54) is 23.1 Å². The van der Waals surface area contributed by atoms with Crippen LogP contribution in [-0.4, -0.2) is 16.3 Å². The highest BCUT2D eigenvalue weighted by Crippen LogP contribution is 2.37. The summed E-state index contributed by atoms with van der Waals surface area (Å²) in [7, 11) is 1.98. The highest BCUT2D eigenvalue weighted by Gasteiger charge is 2.31. The van der Waals surface area contributed by atoms with Gasteiger partial charge in [0.15, 0.2) is 0 Å². The minimum Gasteiger partial charge on any atom is -0.310 e. The highest BCUT2D eigenvalue weighted by atomic mass is 15.2. The molecule has 0 saturated heterocycles. The summed E-state index contributed by atoms with van der Waals surface area (Å²) in [5.74, 6) is 0.640. The zero-order valence-electron chi connectivity index (χ0n) is 11.6. The van der Waals surface area contributed by atoms with Gasteiger partial charge in [0, 0.05) is 19.3 Å². The minimum atomic E-state index is 0.487. The van der Waals surface area contributed by atoms with Gasteiger partial charge in [-0.05, 0) is 42.0 Å². The minimum absolute atomic E-state index is 0.487. The molecule has 1 N–H and O–H groups in total. The third kappa shape index (κ3) is 2.43. The van der Waals surface area contributed by atoms with Crippen molar-refractivity contribution in [2.24, 2.45) is 13.0 Å². The fourth-order valence-corrected chi connectivity index (χ4v) is 3.24. The Labute approximate surface area is 114 Å². The van der Waals surface area contributed by atoms with E-state index in [4.69, 9.17) is 0 Å². The first-order chi connectivity index (χ1) is 9.28. The quantitative estimate of drug-likeness (QED) is 0.909. The molecule has 0 bridgehead atoms. The fourth-order valence-electron chi connectivity index (χ4n) is 3.24. The monoisotopic (exact) mass is 255 g/mol. The molecule has 0 aliphatic heterocycles. The van der Waals surface area contributed by atoms with Crippen LogP contribution in [0.15, 0.2) is 36.7 Å². The van der Waals surface area contributed by atoms with Gasteiger partial charge < -0.3 is 5.32 Å². The van der Waals surface area contributed by atoms with Gasteiger partial charge in [0.25, 0.3) is 0 Å². The van der Waals surface area contributed by atoms with Gasteiger partial charge in [-0.1, -0.05) is 31.2 Å². The fraction of sp³-hybridized carbons (Fsp3) is 0.438. The van der Waals surface area contributed by atoms with Gasteiger partial charge in [0.2, 0.25) is 0 Å². The SMILES string of the molecule is CCNC1c2ccccc2CC1Cc1cnn(C)c1. The normalized spacial score (nSPS) is 21.6. The molecule has 19 heavy (non-hydrogen) atoms. The van der Waals surface area contributed by atoms with E-state index >= 15 is 0 Å². The lowest BCUT2D eigenvalue weighted by atomic mass is 9.94. The van der Waals surface area contributed by atoms with E-state index < -0.39 is 0 Å². The largest absolute Gasteiger partial charge is 0.310 e. The molecule has 1 aliphatic carbocycles. The van der Waals surface area contributed by atoms with Gasteiger partial charge in [-0.15, -0.1) is 0 Å². The smallest absolute Gasteiger partial charge is 0.0521 e. The van der Waals surface area contributed by atoms with Crippen LogP contribution in [0.1, 0.15) is 29.7 Å². The summed E-state index contributed by atoms with van der Waals surface area (Å²) < 4.78 is 1.89. The predicted octanol–water partition coefficient (Wildman–Crippen LogP) is 2.49. The van der Waals surface area contributed by atoms with E-state index in [1.807, 2.05) is 17.9 Å². The molecule has 100 valence electrons. The molecule has 3 heteroatoms. The molecular weight excluding hydrogens is 234 g/mol. The van der Waals surface area contributed by atoms with Gasteiger partial charge >= 0.3 is 0 Å². The predicted molar refractivity (Wildman–Crippen MR) is 77.0 cm³/mol. The van der Waals surface area contributed by atoms with Gasteiger partial charge in [-0.25, -0.2) is 0 Å². The Morgan fingerprint density at radius 3 is 2.95 bits per heavy atom. The van der Waals surface area contributed by atoms with Gasteiger partial charge in [0.05, 0.1) is 6.20 Å². The van der Waals surface area contributed by atoms with Crippen LogP contribution in [0.5, 0.6) is 0 Å². The second-order valence-corrected chi connectivity index (χ2v) is 5.42. The number of aromatic nitrogens is 2. The number of aryl methyl sites for hydroxylation is 1. The highest BCUT2D eigenvalue weighted by molar-refractivity contribution is 5.36. The average Bonchev–Trinajstić information content (AvgIpc) is 2.96. The molecule has 1 aliphatic rings. The van der Waals surface area contributed by atoms with Crippen LogP contribution in [0, 0.1) is 5.92 Å². The van der Waals surface area contributed by atoms with Crippen LogP contribution in [0.3, 0.4) is 0 Å². The summed E-state index contributed by atoms with van der Waals surface area (Å²) in [6.45, 7) is 3.20. The molecule has 2 unspecified atom stereocenters. The Morgan fingerprint density at radius 2 is 2.21 bits per heavy atom. The molecular formula is C16H21N3. The first kappa shape index (κ1) is 12.4. The lowest BCUT2D eigenvalue weighted by molar-refractivity contribution is 0.394. The second-order valence-electron chi connectivity index (χ2n) is 5.42. The van der Waals surface area contributed by atoms with Crippen molar-refractivity contribution in [3.05, 3.63) is 53.3 Å². The molecule has 2 aromatic rings. The number of fused-ring (bicyclic) bond motifs is 1. The molecule has 0 spiro atoms. The maximum Gasteiger partial charge on any atom is 0.0521 e. The summed E-state index contributed by atoms with van der Waals surface area (Å²) >= 11 is 0. The Balaban J connectivity index is 1.82. The number of hydrogen-bond donors (Lipinski definition) is 1. The molecule has 2 atom stereocenters. The van der Waals surface area contributed by atoms with Crippen LogP contribution in [0.2, 0.25) is 0 Å². The maximum atomic E-state index is 4.28. The summed E-state index contributed by atoms with van der Waals surface area (Å²) in [4.78, 5) is 0. The van der Waals surface area contributed by atoms with E-state index in [9.17, 15) is 0 Å². The lowest BCUT2D eigenvalue weighted by Gasteiger charge is -2.20. The van der Waals surface area contributed by atoms with Crippen molar-refractivity contribution in [2.45, 2.75) is 25.8 Å². The zero-order valence-corrected chi connectivity index (χ0v) is 11.6. The van der Waals surface area contributed by atoms with Crippen LogP contribution < -0.4 is 5.32 Å². The first-order valence-corrected chi connectivity index (χ1v) is 7.06. The number of nitrogens with zero attached hydrogens (tertiary/aromatic N) is 2. The molecule has 0 saturated carbocycles. The van der Waals surface area contributed by atoms with Crippen molar-refractivity contribution in [1.29, 1.82) is 0 Å². The third-order valence-corrected chi connectivity index (χ3v) is 4.02. The van der Waals surface area contributed by atoms with E-state index in [1.54, 1.807) is 0 Å². The van der Waals surface area contributed by atoms with Crippen LogP contribution in [0.25, 0.3) is 0 Å². The standard InChI is InChI=1S/C16H21N3/c1-3-17-16-14(8-12-10-18-19(2)11-12)9-13-6-4-5-7-15(13)16/h4-7,10-11,14,16-17H,3,8-9H2,1-2H3. The molecule has 3 rings (SSSR count). The van der Waals surface area contributed by atoms with Gasteiger partial charge in [-0.3, -0.25) is 4.68 Å². The molecule has 1 heterocycles. The Kier molecular flexibility index (Phi) is 3.38. The number of rotatable bonds is 4. The Hall–Kier alpha value is -1.61. The lowest BCUT2D eigenvalue weighted by Crippen LogP contribution is -2.26. The first-order valence-electron chi connectivity index (χ1n) is 7.06. The average molecular weight is 255 g/mol. The molecule has 0 amide bonds. The van der Waals surface area contributed by atoms with E-state index in [-0.39, 0.29) is 0 Å². The summed E-state index contributed by atoms with van der Waals surface area (Å²) in [6, 6.07) is 9.32. The maximum absolute atomic E-state index is 4.28. The molecule has 0 radical (unpaired) electrons. The van der Waals surface area contributed by atoms with Crippen LogP contribution in [0.4, 0.5) is 0 Å². The van der Waals surface area contributed by atoms with Crippen molar-refractivity contribution in [2.75, 3.05) is 6.54 Å². The molecule has 1 aromatic heterocycles. The third-order valence-electron chi connectivity index (χ3n) is 4.02. The van der Waals surface area contributed by atoms with E-state index in [0.717, 1.165) is 13.0 Å². The van der Waals surface area contributed by atoms with Crippen molar-refractivity contribution in [3.63, 3.8) is 0 Å². The molecule has 3 nitrogen and oxygen atoms in total. The van der Waals surface area contributed by atoms with Crippen LogP contribution >= 0.6 is 0 Å². The van der Waals surface area contributed by atoms with E-state index in [2.05, 4.69) is 47.8 Å². The Bertz CT molecular complexity index is 559. The van der Waals surface area contributed by atoms with Gasteiger partial charge in [-0.2, -0.15) is 5.10 Å². The molecule has 0 fully saturated rings. The molecule has 1 aromatic carbocycles. The van der Waals surface area contributed by atoms with E-state index in [0.29, 0.717) is 12.0 Å². The van der Waals surface area contributed by atoms with Crippen molar-refractivity contribution < 1.29 is 0 Å². The number of nitrogens with one attached hydrogen (secondary N) is 1. The van der Waals surface area contributed by atoms with Crippen LogP contribution in [-0.2, 0) is 19.9 Å². The zero-order chi connectivity index (χ0) is 13.2. The summed E-state index contributed by atoms with van der Waals surface area (Å²) in [5, 5.41) is 7.93. The van der Waals surface area contributed by atoms with Crippen molar-refractivity contribution in [3.8, 4) is 0 Å². The second kappa shape index (κ2) is 5.17. The van der Waals surface area contributed by atoms with Gasteiger partial charge in [0.1, 0.15) is 0 Å². The number of hydrogen-bond acceptors (Lipinski definition) is 2. The number of benzene rings is 1. The summed E-state index contributed by atoms with van der Waals surface area (Å²) in [5.41, 5.74) is 4.32. The Morgan fingerprint density at radius 1 is 1.37 bits per heavy atom. The van der Waals surface area contributed by atoms with Crippen molar-refractivity contribution >= 4 is 0 Å².